The van der Waals surface area contributed by atoms with Gasteiger partial charge in [0.1, 0.15) is 11.5 Å². The predicted molar refractivity (Wildman–Crippen MR) is 127 cm³/mol. The molecule has 8 nitrogen and oxygen atoms in total. The van der Waals surface area contributed by atoms with Crippen LogP contribution in [0.5, 0.6) is 0 Å². The van der Waals surface area contributed by atoms with Gasteiger partial charge in [0.25, 0.3) is 5.91 Å². The van der Waals surface area contributed by atoms with E-state index in [4.69, 9.17) is 25.9 Å². The monoisotopic (exact) mass is 478 g/mol. The van der Waals surface area contributed by atoms with Crippen LogP contribution in [-0.2, 0) is 9.53 Å². The second kappa shape index (κ2) is 9.36. The zero-order chi connectivity index (χ0) is 24.4. The van der Waals surface area contributed by atoms with Crippen LogP contribution in [0.25, 0.3) is 17.4 Å². The maximum absolute atomic E-state index is 13.0. The van der Waals surface area contributed by atoms with Gasteiger partial charge in [0.15, 0.2) is 0 Å². The topological polar surface area (TPSA) is 109 Å². The highest BCUT2D eigenvalue weighted by Gasteiger charge is 2.29. The number of hydrazone groups is 1. The third-order valence-electron chi connectivity index (χ3n) is 5.08. The van der Waals surface area contributed by atoms with Crippen molar-refractivity contribution >= 4 is 46.9 Å². The van der Waals surface area contributed by atoms with Gasteiger partial charge in [-0.2, -0.15) is 10.1 Å². The van der Waals surface area contributed by atoms with Crippen molar-refractivity contribution in [2.24, 2.45) is 5.10 Å². The van der Waals surface area contributed by atoms with E-state index in [9.17, 15) is 14.4 Å². The summed E-state index contributed by atoms with van der Waals surface area (Å²) in [6, 6.07) is 14.5. The Morgan fingerprint density at radius 2 is 1.88 bits per heavy atom. The van der Waals surface area contributed by atoms with Crippen LogP contribution in [0, 0.1) is 0 Å². The summed E-state index contributed by atoms with van der Waals surface area (Å²) in [4.78, 5) is 36.0. The summed E-state index contributed by atoms with van der Waals surface area (Å²) in [7, 11) is 0. The number of halogens is 1. The van der Waals surface area contributed by atoms with Gasteiger partial charge in [-0.25, -0.2) is 9.59 Å². The first kappa shape index (κ1) is 23.0. The fraction of sp³-hybridized carbons (Fsp3) is 0.120. The molecule has 0 saturated heterocycles. The number of carbonyl (C=O) groups is 3. The highest BCUT2D eigenvalue weighted by atomic mass is 35.5. The van der Waals surface area contributed by atoms with Crippen molar-refractivity contribution in [3.8, 4) is 11.3 Å². The Labute approximate surface area is 199 Å². The SMILES string of the molecule is CCOC(=O)c1ccc(-c2ccc(C=C3C(=O)N(c4ccc(C(=O)O)c(Cl)c4)N=C3C)o2)cc1. The second-order valence-electron chi connectivity index (χ2n) is 7.33. The fourth-order valence-electron chi connectivity index (χ4n) is 3.38. The number of amides is 1. The van der Waals surface area contributed by atoms with Crippen molar-refractivity contribution in [2.75, 3.05) is 11.6 Å². The molecule has 2 heterocycles. The molecule has 1 aliphatic heterocycles. The van der Waals surface area contributed by atoms with Crippen LogP contribution in [0.2, 0.25) is 5.02 Å². The number of rotatable bonds is 6. The molecule has 0 atom stereocenters. The summed E-state index contributed by atoms with van der Waals surface area (Å²) >= 11 is 6.03. The van der Waals surface area contributed by atoms with Crippen molar-refractivity contribution in [3.63, 3.8) is 0 Å². The van der Waals surface area contributed by atoms with E-state index in [0.29, 0.717) is 40.7 Å². The number of hydrogen-bond donors (Lipinski definition) is 1. The lowest BCUT2D eigenvalue weighted by atomic mass is 10.1. The molecule has 1 amide bonds. The van der Waals surface area contributed by atoms with Crippen LogP contribution < -0.4 is 5.01 Å². The van der Waals surface area contributed by atoms with E-state index < -0.39 is 17.8 Å². The summed E-state index contributed by atoms with van der Waals surface area (Å²) < 4.78 is 10.9. The minimum absolute atomic E-state index is 0.00716. The Bertz CT molecular complexity index is 1350. The quantitative estimate of drug-likeness (QED) is 0.381. The highest BCUT2D eigenvalue weighted by molar-refractivity contribution is 6.35. The number of carbonyl (C=O) groups excluding carboxylic acids is 2. The first-order valence-corrected chi connectivity index (χ1v) is 10.7. The van der Waals surface area contributed by atoms with Gasteiger partial charge in [-0.1, -0.05) is 23.7 Å². The van der Waals surface area contributed by atoms with E-state index in [2.05, 4.69) is 5.10 Å². The van der Waals surface area contributed by atoms with Gasteiger partial charge >= 0.3 is 11.9 Å². The van der Waals surface area contributed by atoms with E-state index in [1.54, 1.807) is 56.3 Å². The predicted octanol–water partition coefficient (Wildman–Crippen LogP) is 5.28. The molecule has 172 valence electrons. The average molecular weight is 479 g/mol. The number of anilines is 1. The van der Waals surface area contributed by atoms with Crippen molar-refractivity contribution in [1.29, 1.82) is 0 Å². The lowest BCUT2D eigenvalue weighted by molar-refractivity contribution is -0.114. The first-order chi connectivity index (χ1) is 16.3. The molecule has 1 aromatic heterocycles. The van der Waals surface area contributed by atoms with E-state index in [0.717, 1.165) is 10.6 Å². The first-order valence-electron chi connectivity index (χ1n) is 10.3. The molecule has 0 unspecified atom stereocenters. The molecule has 2 aromatic carbocycles. The molecule has 0 radical (unpaired) electrons. The number of carboxylic acids is 1. The molecule has 0 saturated carbocycles. The molecule has 0 aliphatic carbocycles. The van der Waals surface area contributed by atoms with Gasteiger partial charge in [0.05, 0.1) is 39.7 Å². The highest BCUT2D eigenvalue weighted by Crippen LogP contribution is 2.30. The Morgan fingerprint density at radius 1 is 1.15 bits per heavy atom. The standard InChI is InChI=1S/C25H19ClN2O6/c1-3-33-25(32)16-6-4-15(5-7-16)22-11-9-18(34-22)13-20-14(2)27-28(23(20)29)17-8-10-19(24(30)31)21(26)12-17/h4-13H,3H2,1-2H3,(H,30,31). The molecular weight excluding hydrogens is 460 g/mol. The Balaban J connectivity index is 1.55. The average Bonchev–Trinajstić information content (AvgIpc) is 3.39. The lowest BCUT2D eigenvalue weighted by Gasteiger charge is -2.12. The number of ether oxygens (including phenoxy) is 1. The van der Waals surface area contributed by atoms with Crippen LogP contribution in [0.4, 0.5) is 5.69 Å². The van der Waals surface area contributed by atoms with Crippen LogP contribution in [0.15, 0.2) is 69.7 Å². The van der Waals surface area contributed by atoms with E-state index >= 15 is 0 Å². The molecule has 1 N–H and O–H groups in total. The van der Waals surface area contributed by atoms with E-state index in [-0.39, 0.29) is 10.6 Å². The van der Waals surface area contributed by atoms with E-state index in [1.165, 1.54) is 18.2 Å². The van der Waals surface area contributed by atoms with Gasteiger partial charge in [0.2, 0.25) is 0 Å². The zero-order valence-electron chi connectivity index (χ0n) is 18.2. The van der Waals surface area contributed by atoms with Crippen molar-refractivity contribution < 1.29 is 28.6 Å². The van der Waals surface area contributed by atoms with E-state index in [1.807, 2.05) is 0 Å². The number of aromatic carboxylic acids is 1. The van der Waals surface area contributed by atoms with Crippen molar-refractivity contribution in [3.05, 3.63) is 82.1 Å². The number of benzene rings is 2. The zero-order valence-corrected chi connectivity index (χ0v) is 19.0. The van der Waals surface area contributed by atoms with Gasteiger partial charge in [-0.05, 0) is 62.4 Å². The number of esters is 1. The number of furan rings is 1. The van der Waals surface area contributed by atoms with Gasteiger partial charge < -0.3 is 14.3 Å². The number of nitrogens with zero attached hydrogens (tertiary/aromatic N) is 2. The molecular formula is C25H19ClN2O6. The Morgan fingerprint density at radius 3 is 2.53 bits per heavy atom. The third-order valence-corrected chi connectivity index (χ3v) is 5.40. The largest absolute Gasteiger partial charge is 0.478 e. The maximum Gasteiger partial charge on any atom is 0.338 e. The van der Waals surface area contributed by atoms with Crippen LogP contribution in [0.3, 0.4) is 0 Å². The van der Waals surface area contributed by atoms with Gasteiger partial charge in [-0.3, -0.25) is 4.79 Å². The summed E-state index contributed by atoms with van der Waals surface area (Å²) in [6.07, 6.45) is 1.59. The maximum atomic E-state index is 13.0. The molecule has 9 heteroatoms. The van der Waals surface area contributed by atoms with Crippen LogP contribution >= 0.6 is 11.6 Å². The smallest absolute Gasteiger partial charge is 0.338 e. The Kier molecular flexibility index (Phi) is 6.34. The summed E-state index contributed by atoms with van der Waals surface area (Å²) in [5.74, 6) is -0.933. The molecule has 4 rings (SSSR count). The molecule has 1 aliphatic rings. The summed E-state index contributed by atoms with van der Waals surface area (Å²) in [5, 5.41) is 14.6. The molecule has 3 aromatic rings. The third kappa shape index (κ3) is 4.49. The molecule has 34 heavy (non-hydrogen) atoms. The summed E-state index contributed by atoms with van der Waals surface area (Å²) in [6.45, 7) is 3.74. The van der Waals surface area contributed by atoms with Crippen molar-refractivity contribution in [2.45, 2.75) is 13.8 Å². The normalized spacial score (nSPS) is 14.4. The van der Waals surface area contributed by atoms with Gasteiger partial charge in [0, 0.05) is 5.56 Å². The van der Waals surface area contributed by atoms with Gasteiger partial charge in [-0.15, -0.1) is 0 Å². The molecule has 0 spiro atoms. The number of hydrogen-bond acceptors (Lipinski definition) is 6. The molecule has 0 bridgehead atoms. The second-order valence-corrected chi connectivity index (χ2v) is 7.74. The van der Waals surface area contributed by atoms with Crippen molar-refractivity contribution in [1.82, 2.24) is 0 Å². The minimum atomic E-state index is -1.16. The lowest BCUT2D eigenvalue weighted by Crippen LogP contribution is -2.21. The van der Waals surface area contributed by atoms with Crippen LogP contribution in [-0.4, -0.2) is 35.3 Å². The Hall–Kier alpha value is -4.17. The summed E-state index contributed by atoms with van der Waals surface area (Å²) in [5.41, 5.74) is 2.30. The fourth-order valence-corrected chi connectivity index (χ4v) is 3.64. The van der Waals surface area contributed by atoms with Crippen LogP contribution in [0.1, 0.15) is 40.3 Å². The number of carboxylic acid groups (broad SMARTS) is 1. The minimum Gasteiger partial charge on any atom is -0.478 e. The molecule has 0 fully saturated rings.